The van der Waals surface area contributed by atoms with Crippen LogP contribution in [0.25, 0.3) is 10.3 Å². The maximum absolute atomic E-state index is 6.02. The highest BCUT2D eigenvalue weighted by Gasteiger charge is 2.24. The molecule has 0 spiro atoms. The molecule has 138 valence electrons. The Morgan fingerprint density at radius 3 is 2.96 bits per heavy atom. The monoisotopic (exact) mass is 375 g/mol. The number of fused-ring (bicyclic) bond motifs is 1. The lowest BCUT2D eigenvalue weighted by Gasteiger charge is -2.21. The van der Waals surface area contributed by atoms with Crippen molar-refractivity contribution in [3.8, 4) is 0 Å². The summed E-state index contributed by atoms with van der Waals surface area (Å²) in [5.41, 5.74) is 8.52. The first-order chi connectivity index (χ1) is 12.7. The van der Waals surface area contributed by atoms with Crippen LogP contribution in [0, 0.1) is 0 Å². The molecule has 1 saturated heterocycles. The number of nitrogens with zero attached hydrogens (tertiary/aromatic N) is 5. The van der Waals surface area contributed by atoms with Crippen LogP contribution in [0.2, 0.25) is 0 Å². The van der Waals surface area contributed by atoms with E-state index in [1.165, 1.54) is 11.3 Å². The number of aromatic nitrogens is 3. The maximum atomic E-state index is 6.02. The zero-order valence-corrected chi connectivity index (χ0v) is 15.5. The summed E-state index contributed by atoms with van der Waals surface area (Å²) in [6, 6.07) is 0.160. The van der Waals surface area contributed by atoms with Crippen molar-refractivity contribution in [2.45, 2.75) is 25.0 Å². The number of hydrogen-bond acceptors (Lipinski definition) is 10. The number of nitrogens with one attached hydrogen (secondary N) is 1. The minimum atomic E-state index is -0.170. The molecular formula is C16H21N7O2S. The number of anilines is 2. The van der Waals surface area contributed by atoms with E-state index in [2.05, 4.69) is 30.2 Å². The highest BCUT2D eigenvalue weighted by molar-refractivity contribution is 7.16. The van der Waals surface area contributed by atoms with E-state index in [9.17, 15) is 0 Å². The third-order valence-corrected chi connectivity index (χ3v) is 5.18. The Balaban J connectivity index is 1.65. The van der Waals surface area contributed by atoms with Gasteiger partial charge in [-0.1, -0.05) is 0 Å². The van der Waals surface area contributed by atoms with Crippen molar-refractivity contribution in [2.24, 2.45) is 10.7 Å². The predicted molar refractivity (Wildman–Crippen MR) is 102 cm³/mol. The van der Waals surface area contributed by atoms with Crippen LogP contribution < -0.4 is 16.0 Å². The summed E-state index contributed by atoms with van der Waals surface area (Å²) in [5.74, 6) is 2.49. The molecule has 9 nitrogen and oxygen atoms in total. The molecule has 0 bridgehead atoms. The topological polar surface area (TPSA) is 111 Å². The summed E-state index contributed by atoms with van der Waals surface area (Å²) in [7, 11) is 3.23. The number of thiazole rings is 1. The maximum Gasteiger partial charge on any atom is 0.228 e. The van der Waals surface area contributed by atoms with Crippen LogP contribution in [0.3, 0.4) is 0 Å². The fourth-order valence-corrected chi connectivity index (χ4v) is 3.73. The molecule has 3 N–H and O–H groups in total. The number of methoxy groups -OCH3 is 2. The molecule has 2 aliphatic heterocycles. The third kappa shape index (κ3) is 3.22. The molecule has 26 heavy (non-hydrogen) atoms. The van der Waals surface area contributed by atoms with Gasteiger partial charge in [-0.2, -0.15) is 15.0 Å². The van der Waals surface area contributed by atoms with E-state index < -0.39 is 0 Å². The van der Waals surface area contributed by atoms with E-state index in [4.69, 9.17) is 15.2 Å². The van der Waals surface area contributed by atoms with Gasteiger partial charge in [-0.25, -0.2) is 4.98 Å². The van der Waals surface area contributed by atoms with Crippen molar-refractivity contribution >= 4 is 39.3 Å². The first-order valence-corrected chi connectivity index (χ1v) is 9.30. The SMILES string of the molecule is COC1=NC(Nc2nc(N3CCC(N)C3)nc3scnc23)=CCC1OC. The lowest BCUT2D eigenvalue weighted by Crippen LogP contribution is -2.28. The molecule has 10 heteroatoms. The standard InChI is InChI=1S/C16H21N7O2S/c1-24-10-3-4-11(20-14(10)25-2)19-13-12-15(26-8-18-12)22-16(21-13)23-6-5-9(17)7-23/h4,8-10H,3,5-7,17H2,1-2H3,(H,19,21,22). The van der Waals surface area contributed by atoms with Gasteiger partial charge in [-0.05, 0) is 12.5 Å². The molecule has 2 unspecified atom stereocenters. The number of ether oxygens (including phenoxy) is 2. The summed E-state index contributed by atoms with van der Waals surface area (Å²) in [6.07, 6.45) is 3.40. The average molecular weight is 375 g/mol. The van der Waals surface area contributed by atoms with Gasteiger partial charge in [0.05, 0.1) is 12.6 Å². The van der Waals surface area contributed by atoms with Crippen molar-refractivity contribution in [3.63, 3.8) is 0 Å². The third-order valence-electron chi connectivity index (χ3n) is 4.47. The number of hydrogen-bond donors (Lipinski definition) is 2. The van der Waals surface area contributed by atoms with E-state index in [1.807, 2.05) is 6.08 Å². The van der Waals surface area contributed by atoms with Gasteiger partial charge in [0.2, 0.25) is 11.8 Å². The summed E-state index contributed by atoms with van der Waals surface area (Å²) in [4.78, 5) is 21.1. The second-order valence-electron chi connectivity index (χ2n) is 6.20. The second-order valence-corrected chi connectivity index (χ2v) is 7.03. The highest BCUT2D eigenvalue weighted by Crippen LogP contribution is 2.28. The van der Waals surface area contributed by atoms with Gasteiger partial charge in [0, 0.05) is 32.7 Å². The van der Waals surface area contributed by atoms with Crippen LogP contribution in [-0.2, 0) is 9.47 Å². The fraction of sp³-hybridized carbons (Fsp3) is 0.500. The van der Waals surface area contributed by atoms with Crippen LogP contribution >= 0.6 is 11.3 Å². The minimum absolute atomic E-state index is 0.160. The summed E-state index contributed by atoms with van der Waals surface area (Å²) in [5, 5.41) is 3.27. The fourth-order valence-electron chi connectivity index (χ4n) is 3.08. The van der Waals surface area contributed by atoms with Crippen molar-refractivity contribution in [1.29, 1.82) is 0 Å². The van der Waals surface area contributed by atoms with Gasteiger partial charge in [-0.15, -0.1) is 11.3 Å². The van der Waals surface area contributed by atoms with Gasteiger partial charge in [0.1, 0.15) is 17.4 Å². The van der Waals surface area contributed by atoms with Crippen molar-refractivity contribution in [2.75, 3.05) is 37.5 Å². The lowest BCUT2D eigenvalue weighted by molar-refractivity contribution is 0.134. The molecule has 4 heterocycles. The van der Waals surface area contributed by atoms with Crippen molar-refractivity contribution in [1.82, 2.24) is 15.0 Å². The molecule has 4 rings (SSSR count). The lowest BCUT2D eigenvalue weighted by atomic mass is 10.2. The second kappa shape index (κ2) is 7.14. The normalized spacial score (nSPS) is 23.1. The quantitative estimate of drug-likeness (QED) is 0.824. The Morgan fingerprint density at radius 1 is 1.35 bits per heavy atom. The smallest absolute Gasteiger partial charge is 0.228 e. The summed E-state index contributed by atoms with van der Waals surface area (Å²) >= 11 is 1.49. The van der Waals surface area contributed by atoms with Crippen LogP contribution in [-0.4, -0.2) is 60.3 Å². The number of aliphatic imine (C=N–C) groups is 1. The number of nitrogens with two attached hydrogens (primary N) is 1. The average Bonchev–Trinajstić information content (AvgIpc) is 3.30. The summed E-state index contributed by atoms with van der Waals surface area (Å²) < 4.78 is 10.7. The molecular weight excluding hydrogens is 354 g/mol. The van der Waals surface area contributed by atoms with Crippen LogP contribution in [0.15, 0.2) is 22.4 Å². The van der Waals surface area contributed by atoms with Gasteiger partial charge in [0.15, 0.2) is 10.6 Å². The molecule has 2 aromatic heterocycles. The summed E-state index contributed by atoms with van der Waals surface area (Å²) in [6.45, 7) is 1.61. The molecule has 0 amide bonds. The zero-order chi connectivity index (χ0) is 18.1. The van der Waals surface area contributed by atoms with Gasteiger partial charge in [0.25, 0.3) is 0 Å². The molecule has 2 aliphatic rings. The van der Waals surface area contributed by atoms with Crippen molar-refractivity contribution < 1.29 is 9.47 Å². The van der Waals surface area contributed by atoms with E-state index in [0.29, 0.717) is 29.9 Å². The molecule has 0 aliphatic carbocycles. The van der Waals surface area contributed by atoms with Crippen LogP contribution in [0.5, 0.6) is 0 Å². The number of rotatable bonds is 4. The van der Waals surface area contributed by atoms with Crippen LogP contribution in [0.4, 0.5) is 11.8 Å². The zero-order valence-electron chi connectivity index (χ0n) is 14.7. The predicted octanol–water partition coefficient (Wildman–Crippen LogP) is 1.34. The molecule has 0 saturated carbocycles. The van der Waals surface area contributed by atoms with Gasteiger partial charge < -0.3 is 25.4 Å². The first-order valence-electron chi connectivity index (χ1n) is 8.42. The van der Waals surface area contributed by atoms with Gasteiger partial charge in [-0.3, -0.25) is 0 Å². The van der Waals surface area contributed by atoms with Gasteiger partial charge >= 0.3 is 0 Å². The van der Waals surface area contributed by atoms with E-state index in [0.717, 1.165) is 29.9 Å². The van der Waals surface area contributed by atoms with Crippen molar-refractivity contribution in [3.05, 3.63) is 17.4 Å². The Labute approximate surface area is 154 Å². The van der Waals surface area contributed by atoms with E-state index >= 15 is 0 Å². The Bertz CT molecular complexity index is 865. The van der Waals surface area contributed by atoms with Crippen LogP contribution in [0.1, 0.15) is 12.8 Å². The minimum Gasteiger partial charge on any atom is -0.482 e. The van der Waals surface area contributed by atoms with E-state index in [-0.39, 0.29) is 12.1 Å². The molecule has 2 aromatic rings. The molecule has 0 radical (unpaired) electrons. The Kier molecular flexibility index (Phi) is 4.70. The Hall–Kier alpha value is -2.30. The highest BCUT2D eigenvalue weighted by atomic mass is 32.1. The molecule has 0 aromatic carbocycles. The van der Waals surface area contributed by atoms with E-state index in [1.54, 1.807) is 19.7 Å². The largest absolute Gasteiger partial charge is 0.482 e. The molecule has 1 fully saturated rings. The Morgan fingerprint density at radius 2 is 2.23 bits per heavy atom. The first kappa shape index (κ1) is 17.1. The molecule has 2 atom stereocenters.